The van der Waals surface area contributed by atoms with Crippen molar-refractivity contribution in [1.29, 1.82) is 0 Å². The molecule has 0 radical (unpaired) electrons. The minimum absolute atomic E-state index is 0.0528. The van der Waals surface area contributed by atoms with Gasteiger partial charge in [0.25, 0.3) is 0 Å². The average molecular weight is 382 g/mol. The average Bonchev–Trinajstić information content (AvgIpc) is 2.89. The molecule has 0 spiro atoms. The summed E-state index contributed by atoms with van der Waals surface area (Å²) in [5.74, 6) is 0.0270. The molecule has 26 heavy (non-hydrogen) atoms. The second-order valence-corrected chi connectivity index (χ2v) is 9.17. The molecular weight excluding hydrogens is 359 g/mol. The maximum atomic E-state index is 14.1. The third-order valence-corrected chi connectivity index (χ3v) is 5.41. The lowest BCUT2D eigenvalue weighted by Gasteiger charge is -2.26. The third-order valence-electron chi connectivity index (χ3n) is 3.92. The fraction of sp³-hybridized carbons (Fsp3) is 0.588. The molecule has 1 aromatic rings. The summed E-state index contributed by atoms with van der Waals surface area (Å²) in [6, 6.07) is 2.70. The highest BCUT2D eigenvalue weighted by molar-refractivity contribution is 7.91. The lowest BCUT2D eigenvalue weighted by atomic mass is 9.96. The highest BCUT2D eigenvalue weighted by Gasteiger charge is 2.41. The quantitative estimate of drug-likeness (QED) is 0.246. The van der Waals surface area contributed by atoms with Gasteiger partial charge in [0.2, 0.25) is 0 Å². The lowest BCUT2D eigenvalue weighted by Crippen LogP contribution is -2.42. The summed E-state index contributed by atoms with van der Waals surface area (Å²) >= 11 is -1.48. The first kappa shape index (κ1) is 20.5. The van der Waals surface area contributed by atoms with Gasteiger partial charge in [-0.1, -0.05) is 9.51 Å². The van der Waals surface area contributed by atoms with Crippen LogP contribution in [0.3, 0.4) is 0 Å². The molecule has 0 saturated carbocycles. The van der Waals surface area contributed by atoms with E-state index in [9.17, 15) is 8.94 Å². The van der Waals surface area contributed by atoms with E-state index in [1.165, 1.54) is 19.2 Å². The fourth-order valence-electron chi connectivity index (χ4n) is 2.72. The van der Waals surface area contributed by atoms with E-state index in [0.717, 1.165) is 0 Å². The maximum absolute atomic E-state index is 14.1. The standard InChI is InChI=1S/C17H23FN4O3S/c1-11(21-26(23)16(2,3)4)14-7-13(18)6-12-8-17(10-24-5,9-20-22-19)25-15(12)14/h6-7H,8-10H2,1-5H3. The molecule has 2 rings (SSSR count). The van der Waals surface area contributed by atoms with Gasteiger partial charge >= 0.3 is 0 Å². The molecular formula is C17H23FN4O3S. The van der Waals surface area contributed by atoms with Crippen LogP contribution in [0.2, 0.25) is 0 Å². The van der Waals surface area contributed by atoms with Crippen LogP contribution in [0.1, 0.15) is 38.8 Å². The van der Waals surface area contributed by atoms with Crippen LogP contribution in [0.5, 0.6) is 5.75 Å². The molecule has 1 aromatic carbocycles. The van der Waals surface area contributed by atoms with Gasteiger partial charge in [0.1, 0.15) is 33.3 Å². The van der Waals surface area contributed by atoms with Gasteiger partial charge in [0.15, 0.2) is 0 Å². The highest BCUT2D eigenvalue weighted by Crippen LogP contribution is 2.40. The van der Waals surface area contributed by atoms with E-state index in [2.05, 4.69) is 14.4 Å². The van der Waals surface area contributed by atoms with Crippen molar-refractivity contribution in [2.75, 3.05) is 20.3 Å². The van der Waals surface area contributed by atoms with Crippen molar-refractivity contribution >= 4 is 17.1 Å². The second kappa shape index (κ2) is 7.84. The topological polar surface area (TPSA) is 103 Å². The maximum Gasteiger partial charge on any atom is 0.144 e. The minimum Gasteiger partial charge on any atom is -0.591 e. The predicted octanol–water partition coefficient (Wildman–Crippen LogP) is 3.73. The van der Waals surface area contributed by atoms with Crippen molar-refractivity contribution in [2.24, 2.45) is 9.51 Å². The smallest absolute Gasteiger partial charge is 0.144 e. The molecule has 1 aliphatic heterocycles. The van der Waals surface area contributed by atoms with Gasteiger partial charge in [-0.15, -0.1) is 0 Å². The molecule has 2 unspecified atom stereocenters. The number of fused-ring (bicyclic) bond motifs is 1. The summed E-state index contributed by atoms with van der Waals surface area (Å²) < 4.78 is 41.4. The molecule has 1 aliphatic rings. The van der Waals surface area contributed by atoms with Crippen molar-refractivity contribution in [3.05, 3.63) is 39.5 Å². The largest absolute Gasteiger partial charge is 0.591 e. The number of halogens is 1. The number of ether oxygens (including phenoxy) is 2. The normalized spacial score (nSPS) is 21.0. The van der Waals surface area contributed by atoms with Crippen LogP contribution in [-0.2, 0) is 22.5 Å². The number of azide groups is 1. The van der Waals surface area contributed by atoms with Crippen LogP contribution in [0.15, 0.2) is 21.6 Å². The molecule has 2 atom stereocenters. The monoisotopic (exact) mass is 382 g/mol. The number of benzene rings is 1. The van der Waals surface area contributed by atoms with Crippen LogP contribution in [0, 0.1) is 5.82 Å². The van der Waals surface area contributed by atoms with Gasteiger partial charge in [-0.3, -0.25) is 0 Å². The first-order chi connectivity index (χ1) is 12.1. The summed E-state index contributed by atoms with van der Waals surface area (Å²) in [4.78, 5) is 2.78. The molecule has 1 heterocycles. The van der Waals surface area contributed by atoms with Crippen LogP contribution in [-0.4, -0.2) is 40.9 Å². The van der Waals surface area contributed by atoms with E-state index in [4.69, 9.17) is 15.0 Å². The molecule has 142 valence electrons. The lowest BCUT2D eigenvalue weighted by molar-refractivity contribution is 0.0131. The Bertz CT molecular complexity index is 759. The van der Waals surface area contributed by atoms with Crippen molar-refractivity contribution in [2.45, 2.75) is 44.5 Å². The van der Waals surface area contributed by atoms with E-state index >= 15 is 0 Å². The van der Waals surface area contributed by atoms with Gasteiger partial charge in [-0.2, -0.15) is 0 Å². The van der Waals surface area contributed by atoms with E-state index in [-0.39, 0.29) is 13.2 Å². The summed E-state index contributed by atoms with van der Waals surface area (Å²) in [5.41, 5.74) is 9.25. The highest BCUT2D eigenvalue weighted by atomic mass is 32.2. The van der Waals surface area contributed by atoms with Gasteiger partial charge in [0, 0.05) is 29.6 Å². The molecule has 0 fully saturated rings. The van der Waals surface area contributed by atoms with Crippen molar-refractivity contribution in [3.8, 4) is 5.75 Å². The predicted molar refractivity (Wildman–Crippen MR) is 99.5 cm³/mol. The Morgan fingerprint density at radius 3 is 2.77 bits per heavy atom. The van der Waals surface area contributed by atoms with Crippen molar-refractivity contribution in [1.82, 2.24) is 0 Å². The van der Waals surface area contributed by atoms with Crippen molar-refractivity contribution in [3.63, 3.8) is 0 Å². The zero-order valence-electron chi connectivity index (χ0n) is 15.6. The molecule has 0 aromatic heterocycles. The van der Waals surface area contributed by atoms with Gasteiger partial charge in [-0.05, 0) is 45.4 Å². The number of hydrogen-bond acceptors (Lipinski definition) is 5. The summed E-state index contributed by atoms with van der Waals surface area (Å²) in [6.07, 6.45) is 0.343. The van der Waals surface area contributed by atoms with Crippen LogP contribution in [0.4, 0.5) is 4.39 Å². The van der Waals surface area contributed by atoms with Gasteiger partial charge in [0.05, 0.1) is 18.9 Å². The summed E-state index contributed by atoms with van der Waals surface area (Å²) in [7, 11) is 1.52. The van der Waals surface area contributed by atoms with Crippen LogP contribution in [0.25, 0.3) is 10.4 Å². The second-order valence-electron chi connectivity index (χ2n) is 7.26. The van der Waals surface area contributed by atoms with E-state index in [1.54, 1.807) is 6.92 Å². The molecule has 0 saturated heterocycles. The van der Waals surface area contributed by atoms with Crippen molar-refractivity contribution < 1.29 is 18.4 Å². The Morgan fingerprint density at radius 1 is 1.50 bits per heavy atom. The third kappa shape index (κ3) is 4.48. The molecule has 9 heteroatoms. The SMILES string of the molecule is COCC1(CN=[N+]=[N-])Cc2cc(F)cc(C(C)=N[S+]([O-])C(C)(C)C)c2O1. The van der Waals surface area contributed by atoms with Crippen LogP contribution >= 0.6 is 0 Å². The minimum atomic E-state index is -1.48. The van der Waals surface area contributed by atoms with E-state index in [0.29, 0.717) is 29.0 Å². The Balaban J connectivity index is 2.46. The molecule has 0 N–H and O–H groups in total. The molecule has 7 nitrogen and oxygen atoms in total. The Kier molecular flexibility index (Phi) is 6.18. The fourth-order valence-corrected chi connectivity index (χ4v) is 3.34. The number of methoxy groups -OCH3 is 1. The number of hydrogen-bond donors (Lipinski definition) is 0. The number of rotatable bonds is 6. The van der Waals surface area contributed by atoms with Crippen LogP contribution < -0.4 is 4.74 Å². The first-order valence-corrected chi connectivity index (χ1v) is 9.21. The van der Waals surface area contributed by atoms with E-state index in [1.807, 2.05) is 20.8 Å². The number of nitrogens with zero attached hydrogens (tertiary/aromatic N) is 4. The first-order valence-electron chi connectivity index (χ1n) is 8.11. The Hall–Kier alpha value is -1.80. The Morgan fingerprint density at radius 2 is 2.19 bits per heavy atom. The summed E-state index contributed by atoms with van der Waals surface area (Å²) in [5, 5.41) is 3.61. The van der Waals surface area contributed by atoms with Gasteiger partial charge in [-0.25, -0.2) is 4.39 Å². The molecule has 0 amide bonds. The van der Waals surface area contributed by atoms with E-state index < -0.39 is 27.5 Å². The summed E-state index contributed by atoms with van der Waals surface area (Å²) in [6.45, 7) is 7.36. The Labute approximate surface area is 155 Å². The zero-order chi connectivity index (χ0) is 19.5. The molecule has 0 bridgehead atoms. The molecule has 0 aliphatic carbocycles. The van der Waals surface area contributed by atoms with Gasteiger partial charge < -0.3 is 14.0 Å². The zero-order valence-corrected chi connectivity index (χ0v) is 16.4.